The third kappa shape index (κ3) is 4.16. The Hall–Kier alpha value is -2.95. The first-order chi connectivity index (χ1) is 14.2. The number of carbonyl (C=O) groups is 1. The van der Waals surface area contributed by atoms with Gasteiger partial charge in [-0.25, -0.2) is 4.98 Å². The molecule has 1 heterocycles. The van der Waals surface area contributed by atoms with Crippen molar-refractivity contribution in [1.82, 2.24) is 14.5 Å². The predicted octanol–water partition coefficient (Wildman–Crippen LogP) is 4.96. The molecular weight excluding hydrogens is 374 g/mol. The highest BCUT2D eigenvalue weighted by Gasteiger charge is 2.26. The van der Waals surface area contributed by atoms with Gasteiger partial charge in [-0.15, -0.1) is 0 Å². The summed E-state index contributed by atoms with van der Waals surface area (Å²) in [6.45, 7) is 10.2. The molecule has 0 saturated carbocycles. The topological polar surface area (TPSA) is 55.2 Å². The van der Waals surface area contributed by atoms with E-state index in [-0.39, 0.29) is 23.4 Å². The van der Waals surface area contributed by atoms with Gasteiger partial charge in [0.15, 0.2) is 0 Å². The van der Waals surface area contributed by atoms with Crippen LogP contribution >= 0.6 is 0 Å². The van der Waals surface area contributed by atoms with Crippen molar-refractivity contribution in [3.8, 4) is 5.69 Å². The summed E-state index contributed by atoms with van der Waals surface area (Å²) in [5.41, 5.74) is 3.59. The maximum atomic E-state index is 13.6. The molecule has 158 valence electrons. The zero-order valence-electron chi connectivity index (χ0n) is 18.8. The first kappa shape index (κ1) is 21.8. The van der Waals surface area contributed by atoms with Crippen LogP contribution in [-0.4, -0.2) is 27.4 Å². The van der Waals surface area contributed by atoms with Gasteiger partial charge in [0, 0.05) is 13.5 Å². The molecule has 30 heavy (non-hydrogen) atoms. The quantitative estimate of drug-likeness (QED) is 0.582. The molecule has 0 fully saturated rings. The van der Waals surface area contributed by atoms with Crippen LogP contribution in [-0.2, 0) is 4.79 Å². The maximum absolute atomic E-state index is 13.6. The third-order valence-electron chi connectivity index (χ3n) is 5.68. The van der Waals surface area contributed by atoms with Crippen LogP contribution in [0.2, 0.25) is 0 Å². The number of para-hydroxylation sites is 1. The Morgan fingerprint density at radius 2 is 1.80 bits per heavy atom. The monoisotopic (exact) mass is 405 g/mol. The van der Waals surface area contributed by atoms with Crippen molar-refractivity contribution in [2.75, 3.05) is 7.05 Å². The molecule has 0 aliphatic heterocycles. The van der Waals surface area contributed by atoms with E-state index >= 15 is 0 Å². The predicted molar refractivity (Wildman–Crippen MR) is 122 cm³/mol. The summed E-state index contributed by atoms with van der Waals surface area (Å²) < 4.78 is 1.68. The second-order valence-electron chi connectivity index (χ2n) is 8.42. The Bertz CT molecular complexity index is 1130. The molecule has 0 radical (unpaired) electrons. The molecule has 1 atom stereocenters. The van der Waals surface area contributed by atoms with Crippen LogP contribution in [0, 0.1) is 19.8 Å². The van der Waals surface area contributed by atoms with Crippen molar-refractivity contribution in [2.24, 2.45) is 5.92 Å². The fraction of sp³-hybridized carbons (Fsp3) is 0.400. The minimum absolute atomic E-state index is 0.0610. The largest absolute Gasteiger partial charge is 0.336 e. The van der Waals surface area contributed by atoms with Crippen molar-refractivity contribution >= 4 is 16.8 Å². The number of hydrogen-bond donors (Lipinski definition) is 0. The summed E-state index contributed by atoms with van der Waals surface area (Å²) >= 11 is 0. The van der Waals surface area contributed by atoms with Crippen LogP contribution in [0.25, 0.3) is 16.6 Å². The SMILES string of the molecule is CCC(c1nc2ccccc2c(=O)n1-c1ccc(C)c(C)c1)N(C)C(=O)CC(C)C. The van der Waals surface area contributed by atoms with Crippen molar-refractivity contribution in [2.45, 2.75) is 53.5 Å². The van der Waals surface area contributed by atoms with E-state index < -0.39 is 0 Å². The average molecular weight is 406 g/mol. The zero-order chi connectivity index (χ0) is 22.0. The summed E-state index contributed by atoms with van der Waals surface area (Å²) in [6, 6.07) is 13.1. The van der Waals surface area contributed by atoms with Gasteiger partial charge in [-0.05, 0) is 61.6 Å². The lowest BCUT2D eigenvalue weighted by Crippen LogP contribution is -2.36. The Kier molecular flexibility index (Phi) is 6.40. The molecule has 3 aromatic rings. The van der Waals surface area contributed by atoms with Crippen molar-refractivity contribution < 1.29 is 4.79 Å². The summed E-state index contributed by atoms with van der Waals surface area (Å²) in [7, 11) is 1.81. The highest BCUT2D eigenvalue weighted by Crippen LogP contribution is 2.26. The molecule has 1 amide bonds. The lowest BCUT2D eigenvalue weighted by atomic mass is 10.1. The number of amides is 1. The molecule has 0 N–H and O–H groups in total. The minimum Gasteiger partial charge on any atom is -0.336 e. The molecule has 0 aliphatic rings. The number of fused-ring (bicyclic) bond motifs is 1. The molecule has 1 unspecified atom stereocenters. The fourth-order valence-corrected chi connectivity index (χ4v) is 3.78. The van der Waals surface area contributed by atoms with Crippen molar-refractivity contribution in [1.29, 1.82) is 0 Å². The third-order valence-corrected chi connectivity index (χ3v) is 5.68. The highest BCUT2D eigenvalue weighted by molar-refractivity contribution is 5.79. The summed E-state index contributed by atoms with van der Waals surface area (Å²) in [5.74, 6) is 0.930. The van der Waals surface area contributed by atoms with Gasteiger partial charge >= 0.3 is 0 Å². The number of rotatable bonds is 6. The fourth-order valence-electron chi connectivity index (χ4n) is 3.78. The number of benzene rings is 2. The first-order valence-electron chi connectivity index (χ1n) is 10.6. The van der Waals surface area contributed by atoms with E-state index in [2.05, 4.69) is 6.92 Å². The minimum atomic E-state index is -0.296. The van der Waals surface area contributed by atoms with E-state index in [0.717, 1.165) is 11.3 Å². The lowest BCUT2D eigenvalue weighted by Gasteiger charge is -2.29. The Morgan fingerprint density at radius 3 is 2.43 bits per heavy atom. The van der Waals surface area contributed by atoms with E-state index in [1.807, 2.05) is 71.1 Å². The van der Waals surface area contributed by atoms with Crippen LogP contribution < -0.4 is 5.56 Å². The lowest BCUT2D eigenvalue weighted by molar-refractivity contribution is -0.133. The Labute approximate surface area is 178 Å². The molecule has 3 rings (SSSR count). The van der Waals surface area contributed by atoms with E-state index in [4.69, 9.17) is 4.98 Å². The first-order valence-corrected chi connectivity index (χ1v) is 10.6. The molecule has 0 spiro atoms. The van der Waals surface area contributed by atoms with Crippen molar-refractivity contribution in [3.05, 3.63) is 69.8 Å². The van der Waals surface area contributed by atoms with Crippen LogP contribution in [0.1, 0.15) is 56.6 Å². The molecule has 5 nitrogen and oxygen atoms in total. The van der Waals surface area contributed by atoms with E-state index in [1.54, 1.807) is 15.5 Å². The normalized spacial score (nSPS) is 12.4. The molecule has 5 heteroatoms. The average Bonchev–Trinajstić information content (AvgIpc) is 2.70. The van der Waals surface area contributed by atoms with Gasteiger partial charge in [-0.1, -0.05) is 39.0 Å². The summed E-state index contributed by atoms with van der Waals surface area (Å²) in [5, 5.41) is 0.575. The molecular formula is C25H31N3O2. The molecule has 0 aliphatic carbocycles. The van der Waals surface area contributed by atoms with Gasteiger partial charge in [0.25, 0.3) is 5.56 Å². The van der Waals surface area contributed by atoms with Gasteiger partial charge in [-0.2, -0.15) is 0 Å². The number of aromatic nitrogens is 2. The number of nitrogens with zero attached hydrogens (tertiary/aromatic N) is 3. The molecule has 2 aromatic carbocycles. The summed E-state index contributed by atoms with van der Waals surface area (Å²) in [4.78, 5) is 33.0. The zero-order valence-corrected chi connectivity index (χ0v) is 18.8. The maximum Gasteiger partial charge on any atom is 0.266 e. The number of carbonyl (C=O) groups excluding carboxylic acids is 1. The van der Waals surface area contributed by atoms with Crippen LogP contribution in [0.5, 0.6) is 0 Å². The van der Waals surface area contributed by atoms with Gasteiger partial charge in [0.2, 0.25) is 5.91 Å². The number of aryl methyl sites for hydroxylation is 2. The van der Waals surface area contributed by atoms with E-state index in [1.165, 1.54) is 5.56 Å². The van der Waals surface area contributed by atoms with Gasteiger partial charge in [-0.3, -0.25) is 14.2 Å². The molecule has 0 saturated heterocycles. The van der Waals surface area contributed by atoms with Crippen LogP contribution in [0.15, 0.2) is 47.3 Å². The van der Waals surface area contributed by atoms with Crippen molar-refractivity contribution in [3.63, 3.8) is 0 Å². The molecule has 1 aromatic heterocycles. The number of hydrogen-bond acceptors (Lipinski definition) is 3. The smallest absolute Gasteiger partial charge is 0.266 e. The van der Waals surface area contributed by atoms with Gasteiger partial charge in [0.05, 0.1) is 22.6 Å². The van der Waals surface area contributed by atoms with Crippen LogP contribution in [0.4, 0.5) is 0 Å². The van der Waals surface area contributed by atoms with Gasteiger partial charge < -0.3 is 4.90 Å². The Balaban J connectivity index is 2.27. The standard InChI is InChI=1S/C25H31N3O2/c1-7-22(27(6)23(29)14-16(2)3)24-26-21-11-9-8-10-20(21)25(30)28(24)19-13-12-17(4)18(5)15-19/h8-13,15-16,22H,7,14H2,1-6H3. The molecule has 0 bridgehead atoms. The van der Waals surface area contributed by atoms with Gasteiger partial charge in [0.1, 0.15) is 5.82 Å². The van der Waals surface area contributed by atoms with Crippen LogP contribution in [0.3, 0.4) is 0 Å². The van der Waals surface area contributed by atoms with E-state index in [9.17, 15) is 9.59 Å². The second-order valence-corrected chi connectivity index (χ2v) is 8.42. The van der Waals surface area contributed by atoms with E-state index in [0.29, 0.717) is 29.6 Å². The highest BCUT2D eigenvalue weighted by atomic mass is 16.2. The second kappa shape index (κ2) is 8.82. The Morgan fingerprint density at radius 1 is 1.10 bits per heavy atom. The summed E-state index contributed by atoms with van der Waals surface area (Å²) in [6.07, 6.45) is 1.13.